The van der Waals surface area contributed by atoms with Crippen LogP contribution in [0.4, 0.5) is 5.69 Å². The van der Waals surface area contributed by atoms with E-state index >= 15 is 0 Å². The van der Waals surface area contributed by atoms with E-state index in [0.29, 0.717) is 11.8 Å². The van der Waals surface area contributed by atoms with Crippen LogP contribution in [-0.2, 0) is 9.47 Å². The zero-order chi connectivity index (χ0) is 20.5. The first kappa shape index (κ1) is 25.5. The minimum absolute atomic E-state index is 0. The molecule has 1 aromatic carbocycles. The van der Waals surface area contributed by atoms with E-state index in [-0.39, 0.29) is 24.0 Å². The molecule has 0 aliphatic carbocycles. The van der Waals surface area contributed by atoms with Gasteiger partial charge in [0, 0.05) is 63.1 Å². The molecule has 0 amide bonds. The number of guanidine groups is 1. The molecule has 0 aromatic heterocycles. The summed E-state index contributed by atoms with van der Waals surface area (Å²) in [6, 6.07) is 6.13. The molecule has 2 aliphatic rings. The van der Waals surface area contributed by atoms with Gasteiger partial charge in [0.05, 0.1) is 13.2 Å². The summed E-state index contributed by atoms with van der Waals surface area (Å²) < 4.78 is 11.1. The second-order valence-electron chi connectivity index (χ2n) is 8.07. The van der Waals surface area contributed by atoms with Crippen molar-refractivity contribution in [2.24, 2.45) is 16.8 Å². The van der Waals surface area contributed by atoms with E-state index in [9.17, 15) is 0 Å². The summed E-state index contributed by atoms with van der Waals surface area (Å²) in [5.41, 5.74) is 2.54. The Labute approximate surface area is 203 Å². The number of hydrogen-bond donors (Lipinski definition) is 2. The molecule has 2 aliphatic heterocycles. The smallest absolute Gasteiger partial charge is 0.190 e. The lowest BCUT2D eigenvalue weighted by atomic mass is 10.1. The maximum Gasteiger partial charge on any atom is 0.190 e. The highest BCUT2D eigenvalue weighted by Crippen LogP contribution is 2.29. The number of nitrogens with one attached hydrogen (secondary N) is 2. The van der Waals surface area contributed by atoms with Gasteiger partial charge in [-0.25, -0.2) is 0 Å². The predicted molar refractivity (Wildman–Crippen MR) is 136 cm³/mol. The summed E-state index contributed by atoms with van der Waals surface area (Å²) in [4.78, 5) is 6.78. The molecule has 1 aromatic rings. The highest BCUT2D eigenvalue weighted by molar-refractivity contribution is 14.0. The van der Waals surface area contributed by atoms with E-state index in [1.165, 1.54) is 17.7 Å². The Morgan fingerprint density at radius 1 is 1.30 bits per heavy atom. The fraction of sp³-hybridized carbons (Fsp3) is 0.682. The summed E-state index contributed by atoms with van der Waals surface area (Å²) in [5.74, 6) is 2.05. The van der Waals surface area contributed by atoms with Gasteiger partial charge in [0.15, 0.2) is 5.96 Å². The van der Waals surface area contributed by atoms with Gasteiger partial charge in [-0.05, 0) is 49.8 Å². The second kappa shape index (κ2) is 13.6. The molecule has 0 saturated carbocycles. The molecule has 2 unspecified atom stereocenters. The van der Waals surface area contributed by atoms with Gasteiger partial charge in [-0.3, -0.25) is 4.99 Å². The summed E-state index contributed by atoms with van der Waals surface area (Å²) >= 11 is 6.19. The quantitative estimate of drug-likeness (QED) is 0.213. The van der Waals surface area contributed by atoms with E-state index in [2.05, 4.69) is 39.6 Å². The number of nitrogens with zero attached hydrogens (tertiary/aromatic N) is 2. The van der Waals surface area contributed by atoms with Gasteiger partial charge < -0.3 is 25.0 Å². The maximum absolute atomic E-state index is 6.19. The lowest BCUT2D eigenvalue weighted by molar-refractivity contribution is 0.0888. The molecular formula is C22H36ClIN4O2. The molecule has 0 spiro atoms. The van der Waals surface area contributed by atoms with Crippen molar-refractivity contribution in [1.82, 2.24) is 10.6 Å². The summed E-state index contributed by atoms with van der Waals surface area (Å²) in [7, 11) is 1.82. The van der Waals surface area contributed by atoms with Crippen LogP contribution < -0.4 is 15.5 Å². The maximum atomic E-state index is 6.19. The topological polar surface area (TPSA) is 58.1 Å². The summed E-state index contributed by atoms with van der Waals surface area (Å²) in [5, 5.41) is 7.66. The molecule has 6 nitrogen and oxygen atoms in total. The van der Waals surface area contributed by atoms with Crippen molar-refractivity contribution in [2.75, 3.05) is 64.6 Å². The molecule has 30 heavy (non-hydrogen) atoms. The number of rotatable bonds is 9. The van der Waals surface area contributed by atoms with E-state index < -0.39 is 0 Å². The average molecular weight is 551 g/mol. The molecule has 8 heteroatoms. The predicted octanol–water partition coefficient (Wildman–Crippen LogP) is 3.70. The highest BCUT2D eigenvalue weighted by Gasteiger charge is 2.24. The Morgan fingerprint density at radius 2 is 2.17 bits per heavy atom. The molecule has 2 atom stereocenters. The molecule has 2 saturated heterocycles. The van der Waals surface area contributed by atoms with Crippen LogP contribution in [0.1, 0.15) is 24.8 Å². The van der Waals surface area contributed by atoms with Gasteiger partial charge in [0.25, 0.3) is 0 Å². The zero-order valence-electron chi connectivity index (χ0n) is 18.2. The zero-order valence-corrected chi connectivity index (χ0v) is 21.2. The fourth-order valence-corrected chi connectivity index (χ4v) is 4.12. The number of ether oxygens (including phenoxy) is 2. The Kier molecular flexibility index (Phi) is 11.6. The number of halogens is 2. The molecule has 2 fully saturated rings. The van der Waals surface area contributed by atoms with Gasteiger partial charge in [-0.1, -0.05) is 17.7 Å². The van der Waals surface area contributed by atoms with Crippen LogP contribution in [0.25, 0.3) is 0 Å². The molecular weight excluding hydrogens is 515 g/mol. The minimum Gasteiger partial charge on any atom is -0.381 e. The normalized spacial score (nSPS) is 21.6. The first-order chi connectivity index (χ1) is 14.2. The average Bonchev–Trinajstić information content (AvgIpc) is 3.41. The van der Waals surface area contributed by atoms with Crippen molar-refractivity contribution in [3.63, 3.8) is 0 Å². The van der Waals surface area contributed by atoms with E-state index in [0.717, 1.165) is 76.4 Å². The Morgan fingerprint density at radius 3 is 2.93 bits per heavy atom. The largest absolute Gasteiger partial charge is 0.381 e. The number of aliphatic imine (C=N–C) groups is 1. The molecule has 0 radical (unpaired) electrons. The molecule has 170 valence electrons. The molecule has 2 heterocycles. The van der Waals surface area contributed by atoms with Gasteiger partial charge in [0.2, 0.25) is 0 Å². The third kappa shape index (κ3) is 8.05. The van der Waals surface area contributed by atoms with Crippen LogP contribution >= 0.6 is 35.6 Å². The molecule has 0 bridgehead atoms. The minimum atomic E-state index is 0. The van der Waals surface area contributed by atoms with E-state index in [1.807, 2.05) is 13.1 Å². The van der Waals surface area contributed by atoms with Crippen molar-refractivity contribution < 1.29 is 9.47 Å². The summed E-state index contributed by atoms with van der Waals surface area (Å²) in [6.07, 6.45) is 3.28. The highest BCUT2D eigenvalue weighted by atomic mass is 127. The van der Waals surface area contributed by atoms with Gasteiger partial charge in [-0.2, -0.15) is 0 Å². The monoisotopic (exact) mass is 550 g/mol. The lowest BCUT2D eigenvalue weighted by Crippen LogP contribution is -2.40. The van der Waals surface area contributed by atoms with Crippen LogP contribution in [0, 0.1) is 18.8 Å². The van der Waals surface area contributed by atoms with Crippen molar-refractivity contribution in [2.45, 2.75) is 26.2 Å². The van der Waals surface area contributed by atoms with Crippen LogP contribution in [0.3, 0.4) is 0 Å². The third-order valence-corrected chi connectivity index (χ3v) is 5.95. The van der Waals surface area contributed by atoms with Crippen molar-refractivity contribution >= 4 is 47.2 Å². The second-order valence-corrected chi connectivity index (χ2v) is 8.51. The van der Waals surface area contributed by atoms with Crippen molar-refractivity contribution in [1.29, 1.82) is 0 Å². The van der Waals surface area contributed by atoms with Gasteiger partial charge in [0.1, 0.15) is 0 Å². The van der Waals surface area contributed by atoms with Gasteiger partial charge >= 0.3 is 0 Å². The Hall–Kier alpha value is -0.770. The molecule has 3 rings (SSSR count). The molecule has 2 N–H and O–H groups in total. The van der Waals surface area contributed by atoms with Crippen molar-refractivity contribution in [3.8, 4) is 0 Å². The van der Waals surface area contributed by atoms with E-state index in [4.69, 9.17) is 21.1 Å². The Bertz CT molecular complexity index is 671. The van der Waals surface area contributed by atoms with Crippen LogP contribution in [0.15, 0.2) is 23.2 Å². The van der Waals surface area contributed by atoms with Crippen molar-refractivity contribution in [3.05, 3.63) is 28.8 Å². The van der Waals surface area contributed by atoms with Crippen LogP contribution in [0.5, 0.6) is 0 Å². The third-order valence-electron chi connectivity index (χ3n) is 5.71. The number of benzene rings is 1. The fourth-order valence-electron chi connectivity index (χ4n) is 3.95. The van der Waals surface area contributed by atoms with Crippen LogP contribution in [-0.4, -0.2) is 65.6 Å². The number of aryl methyl sites for hydroxylation is 1. The lowest BCUT2D eigenvalue weighted by Gasteiger charge is -2.21. The summed E-state index contributed by atoms with van der Waals surface area (Å²) in [6.45, 7) is 9.38. The standard InChI is InChI=1S/C22H35ClN4O2.HI/c1-17-4-5-20(23)12-21(17)27-9-6-18(14-27)13-26-22(24-2)25-8-3-10-28-15-19-7-11-29-16-19;/h4-5,12,18-19H,3,6-11,13-16H2,1-2H3,(H2,24,25,26);1H. The van der Waals surface area contributed by atoms with E-state index in [1.54, 1.807) is 0 Å². The SMILES string of the molecule is CN=C(NCCCOCC1CCOC1)NCC1CCN(c2cc(Cl)ccc2C)C1.I. The number of anilines is 1. The first-order valence-corrected chi connectivity index (χ1v) is 11.1. The van der Waals surface area contributed by atoms with Crippen LogP contribution in [0.2, 0.25) is 5.02 Å². The van der Waals surface area contributed by atoms with Gasteiger partial charge in [-0.15, -0.1) is 24.0 Å². The first-order valence-electron chi connectivity index (χ1n) is 10.8. The Balaban J connectivity index is 0.00000320. The number of hydrogen-bond acceptors (Lipinski definition) is 4.